The van der Waals surface area contributed by atoms with E-state index in [-0.39, 0.29) is 5.75 Å². The molecule has 106 valence electrons. The van der Waals surface area contributed by atoms with Crippen LogP contribution in [-0.4, -0.2) is 25.8 Å². The predicted octanol–water partition coefficient (Wildman–Crippen LogP) is 1.69. The van der Waals surface area contributed by atoms with Crippen LogP contribution in [0.2, 0.25) is 0 Å². The molecule has 5 heteroatoms. The summed E-state index contributed by atoms with van der Waals surface area (Å²) >= 11 is 0. The summed E-state index contributed by atoms with van der Waals surface area (Å²) in [6, 6.07) is 7.82. The highest BCUT2D eigenvalue weighted by molar-refractivity contribution is 7.92. The Morgan fingerprint density at radius 1 is 1.16 bits per heavy atom. The van der Waals surface area contributed by atoms with Gasteiger partial charge in [0.25, 0.3) is 0 Å². The van der Waals surface area contributed by atoms with Crippen LogP contribution in [0, 0.1) is 0 Å². The van der Waals surface area contributed by atoms with Crippen LogP contribution in [0.15, 0.2) is 24.3 Å². The summed E-state index contributed by atoms with van der Waals surface area (Å²) in [7, 11) is -3.26. The summed E-state index contributed by atoms with van der Waals surface area (Å²) in [6.45, 7) is 4.21. The molecule has 4 nitrogen and oxygen atoms in total. The number of amides is 1. The number of sulfone groups is 1. The standard InChI is InChI=1S/C14H21NO3S/c1-3-9-19(17,18)11-14(16)15-10-13-8-6-5-7-12(13)4-2/h5-8H,3-4,9-11H2,1-2H3,(H,15,16). The predicted molar refractivity (Wildman–Crippen MR) is 76.6 cm³/mol. The van der Waals surface area contributed by atoms with Crippen LogP contribution < -0.4 is 5.32 Å². The number of nitrogens with one attached hydrogen (secondary N) is 1. The number of hydrogen-bond acceptors (Lipinski definition) is 3. The van der Waals surface area contributed by atoms with Gasteiger partial charge in [-0.05, 0) is 24.0 Å². The van der Waals surface area contributed by atoms with Crippen LogP contribution in [0.25, 0.3) is 0 Å². The van der Waals surface area contributed by atoms with E-state index in [0.717, 1.165) is 12.0 Å². The van der Waals surface area contributed by atoms with Gasteiger partial charge in [0.2, 0.25) is 5.91 Å². The molecule has 1 N–H and O–H groups in total. The number of aryl methyl sites for hydroxylation is 1. The Bertz CT molecular complexity index is 523. The quantitative estimate of drug-likeness (QED) is 0.828. The second-order valence-corrected chi connectivity index (χ2v) is 6.68. The van der Waals surface area contributed by atoms with Gasteiger partial charge < -0.3 is 5.32 Å². The maximum absolute atomic E-state index is 11.6. The van der Waals surface area contributed by atoms with Crippen molar-refractivity contribution < 1.29 is 13.2 Å². The van der Waals surface area contributed by atoms with E-state index < -0.39 is 21.5 Å². The molecule has 0 radical (unpaired) electrons. The van der Waals surface area contributed by atoms with Crippen molar-refractivity contribution in [3.8, 4) is 0 Å². The fourth-order valence-corrected chi connectivity index (χ4v) is 3.17. The molecule has 19 heavy (non-hydrogen) atoms. The van der Waals surface area contributed by atoms with Gasteiger partial charge in [0.1, 0.15) is 5.75 Å². The summed E-state index contributed by atoms with van der Waals surface area (Å²) in [6.07, 6.45) is 1.43. The maximum Gasteiger partial charge on any atom is 0.235 e. The molecule has 0 atom stereocenters. The Kier molecular flexibility index (Phi) is 6.02. The highest BCUT2D eigenvalue weighted by Gasteiger charge is 2.15. The third-order valence-corrected chi connectivity index (χ3v) is 4.57. The van der Waals surface area contributed by atoms with Crippen molar-refractivity contribution in [3.05, 3.63) is 35.4 Å². The smallest absolute Gasteiger partial charge is 0.235 e. The van der Waals surface area contributed by atoms with E-state index in [1.54, 1.807) is 6.92 Å². The lowest BCUT2D eigenvalue weighted by molar-refractivity contribution is -0.118. The topological polar surface area (TPSA) is 63.2 Å². The first-order chi connectivity index (χ1) is 8.98. The van der Waals surface area contributed by atoms with Crippen LogP contribution >= 0.6 is 0 Å². The number of hydrogen-bond donors (Lipinski definition) is 1. The molecule has 0 aliphatic carbocycles. The van der Waals surface area contributed by atoms with Crippen LogP contribution in [0.5, 0.6) is 0 Å². The third-order valence-electron chi connectivity index (χ3n) is 2.84. The molecule has 0 spiro atoms. The molecular weight excluding hydrogens is 262 g/mol. The summed E-state index contributed by atoms with van der Waals surface area (Å²) in [5.74, 6) is -0.791. The van der Waals surface area contributed by atoms with E-state index in [4.69, 9.17) is 0 Å². The monoisotopic (exact) mass is 283 g/mol. The van der Waals surface area contributed by atoms with Crippen molar-refractivity contribution in [1.82, 2.24) is 5.32 Å². The Hall–Kier alpha value is -1.36. The summed E-state index contributed by atoms with van der Waals surface area (Å²) in [5, 5.41) is 2.67. The average Bonchev–Trinajstić information content (AvgIpc) is 2.36. The van der Waals surface area contributed by atoms with Gasteiger partial charge in [-0.3, -0.25) is 4.79 Å². The van der Waals surface area contributed by atoms with Gasteiger partial charge in [0, 0.05) is 6.54 Å². The molecule has 0 unspecified atom stereocenters. The Morgan fingerprint density at radius 2 is 1.79 bits per heavy atom. The van der Waals surface area contributed by atoms with E-state index in [2.05, 4.69) is 5.32 Å². The van der Waals surface area contributed by atoms with Gasteiger partial charge >= 0.3 is 0 Å². The van der Waals surface area contributed by atoms with Gasteiger partial charge in [0.15, 0.2) is 9.84 Å². The van der Waals surface area contributed by atoms with Crippen molar-refractivity contribution in [3.63, 3.8) is 0 Å². The Labute approximate surface area is 115 Å². The molecule has 0 aliphatic heterocycles. The van der Waals surface area contributed by atoms with Crippen LogP contribution in [-0.2, 0) is 27.6 Å². The summed E-state index contributed by atoms with van der Waals surface area (Å²) in [4.78, 5) is 11.6. The van der Waals surface area contributed by atoms with Gasteiger partial charge in [-0.2, -0.15) is 0 Å². The summed E-state index contributed by atoms with van der Waals surface area (Å²) in [5.41, 5.74) is 2.20. The summed E-state index contributed by atoms with van der Waals surface area (Å²) < 4.78 is 23.0. The van der Waals surface area contributed by atoms with E-state index in [1.165, 1.54) is 5.56 Å². The lowest BCUT2D eigenvalue weighted by Gasteiger charge is -2.09. The van der Waals surface area contributed by atoms with Gasteiger partial charge in [-0.15, -0.1) is 0 Å². The Balaban J connectivity index is 2.55. The fourth-order valence-electron chi connectivity index (χ4n) is 1.90. The number of carbonyl (C=O) groups is 1. The molecule has 0 saturated heterocycles. The maximum atomic E-state index is 11.6. The minimum absolute atomic E-state index is 0.0615. The van der Waals surface area contributed by atoms with Crippen molar-refractivity contribution in [2.75, 3.05) is 11.5 Å². The average molecular weight is 283 g/mol. The van der Waals surface area contributed by atoms with E-state index in [1.807, 2.05) is 31.2 Å². The molecule has 0 heterocycles. The first kappa shape index (κ1) is 15.7. The van der Waals surface area contributed by atoms with Gasteiger partial charge in [-0.1, -0.05) is 38.1 Å². The molecule has 1 aromatic rings. The van der Waals surface area contributed by atoms with Crippen molar-refractivity contribution in [2.24, 2.45) is 0 Å². The van der Waals surface area contributed by atoms with E-state index >= 15 is 0 Å². The minimum atomic E-state index is -3.26. The van der Waals surface area contributed by atoms with E-state index in [0.29, 0.717) is 13.0 Å². The Morgan fingerprint density at radius 3 is 2.37 bits per heavy atom. The lowest BCUT2D eigenvalue weighted by atomic mass is 10.1. The fraction of sp³-hybridized carbons (Fsp3) is 0.500. The zero-order valence-electron chi connectivity index (χ0n) is 11.5. The highest BCUT2D eigenvalue weighted by Crippen LogP contribution is 2.08. The third kappa shape index (κ3) is 5.42. The molecule has 1 rings (SSSR count). The van der Waals surface area contributed by atoms with Crippen LogP contribution in [0.3, 0.4) is 0 Å². The van der Waals surface area contributed by atoms with Crippen molar-refractivity contribution >= 4 is 15.7 Å². The van der Waals surface area contributed by atoms with Crippen LogP contribution in [0.1, 0.15) is 31.4 Å². The lowest BCUT2D eigenvalue weighted by Crippen LogP contribution is -2.31. The zero-order chi connectivity index (χ0) is 14.3. The van der Waals surface area contributed by atoms with Crippen molar-refractivity contribution in [1.29, 1.82) is 0 Å². The molecule has 0 bridgehead atoms. The number of carbonyl (C=O) groups excluding carboxylic acids is 1. The molecule has 1 amide bonds. The molecule has 0 aliphatic rings. The first-order valence-corrected chi connectivity index (χ1v) is 8.34. The number of benzene rings is 1. The van der Waals surface area contributed by atoms with Gasteiger partial charge in [-0.25, -0.2) is 8.42 Å². The molecule has 1 aromatic carbocycles. The minimum Gasteiger partial charge on any atom is -0.351 e. The molecule has 0 saturated carbocycles. The number of rotatable bonds is 7. The molecule has 0 aromatic heterocycles. The first-order valence-electron chi connectivity index (χ1n) is 6.52. The normalized spacial score (nSPS) is 11.3. The second-order valence-electron chi connectivity index (χ2n) is 4.49. The SMILES string of the molecule is CCCS(=O)(=O)CC(=O)NCc1ccccc1CC. The second kappa shape index (κ2) is 7.28. The van der Waals surface area contributed by atoms with Crippen molar-refractivity contribution in [2.45, 2.75) is 33.2 Å². The molecular formula is C14H21NO3S. The highest BCUT2D eigenvalue weighted by atomic mass is 32.2. The van der Waals surface area contributed by atoms with Gasteiger partial charge in [0.05, 0.1) is 5.75 Å². The largest absolute Gasteiger partial charge is 0.351 e. The molecule has 0 fully saturated rings. The van der Waals surface area contributed by atoms with E-state index in [9.17, 15) is 13.2 Å². The van der Waals surface area contributed by atoms with Crippen LogP contribution in [0.4, 0.5) is 0 Å². The zero-order valence-corrected chi connectivity index (χ0v) is 12.3.